The standard InChI is InChI=1S/C12H9FN4O/c13-8-3-1-2-7(4-8)9-5-12(18)17-11(15-9)6-10(14)16-17/h1-6,16H,14H2. The highest BCUT2D eigenvalue weighted by Crippen LogP contribution is 2.17. The Balaban J connectivity index is 2.27. The molecular formula is C12H9FN4O. The molecule has 0 saturated heterocycles. The molecule has 0 unspecified atom stereocenters. The number of aromatic amines is 1. The smallest absolute Gasteiger partial charge is 0.273 e. The average molecular weight is 244 g/mol. The second-order valence-corrected chi connectivity index (χ2v) is 3.90. The zero-order valence-corrected chi connectivity index (χ0v) is 9.22. The monoisotopic (exact) mass is 244 g/mol. The second-order valence-electron chi connectivity index (χ2n) is 3.90. The van der Waals surface area contributed by atoms with E-state index >= 15 is 0 Å². The molecular weight excluding hydrogens is 235 g/mol. The lowest BCUT2D eigenvalue weighted by molar-refractivity contribution is 0.628. The molecule has 18 heavy (non-hydrogen) atoms. The minimum Gasteiger partial charge on any atom is -0.384 e. The first kappa shape index (κ1) is 10.5. The minimum atomic E-state index is -0.372. The molecule has 3 aromatic rings. The van der Waals surface area contributed by atoms with Crippen LogP contribution in [0.3, 0.4) is 0 Å². The van der Waals surface area contributed by atoms with E-state index in [1.54, 1.807) is 18.2 Å². The molecule has 0 aliphatic carbocycles. The van der Waals surface area contributed by atoms with Crippen molar-refractivity contribution in [3.8, 4) is 11.3 Å². The number of hydrogen-bond acceptors (Lipinski definition) is 3. The van der Waals surface area contributed by atoms with Crippen molar-refractivity contribution in [2.75, 3.05) is 5.73 Å². The average Bonchev–Trinajstić information content (AvgIpc) is 2.70. The van der Waals surface area contributed by atoms with Gasteiger partial charge in [0.25, 0.3) is 5.56 Å². The van der Waals surface area contributed by atoms with Gasteiger partial charge in [-0.3, -0.25) is 9.89 Å². The zero-order valence-electron chi connectivity index (χ0n) is 9.22. The van der Waals surface area contributed by atoms with Gasteiger partial charge in [-0.25, -0.2) is 9.37 Å². The third kappa shape index (κ3) is 1.64. The highest BCUT2D eigenvalue weighted by Gasteiger charge is 2.07. The molecule has 0 spiro atoms. The van der Waals surface area contributed by atoms with Crippen molar-refractivity contribution in [3.63, 3.8) is 0 Å². The number of nitrogens with one attached hydrogen (secondary N) is 1. The van der Waals surface area contributed by atoms with Gasteiger partial charge < -0.3 is 5.73 Å². The van der Waals surface area contributed by atoms with Gasteiger partial charge in [0.1, 0.15) is 11.6 Å². The first-order valence-electron chi connectivity index (χ1n) is 5.28. The molecule has 0 saturated carbocycles. The third-order valence-corrected chi connectivity index (χ3v) is 2.59. The van der Waals surface area contributed by atoms with Crippen molar-refractivity contribution in [1.29, 1.82) is 0 Å². The van der Waals surface area contributed by atoms with Crippen LogP contribution in [0, 0.1) is 5.82 Å². The van der Waals surface area contributed by atoms with Crippen LogP contribution < -0.4 is 11.3 Å². The molecule has 0 fully saturated rings. The van der Waals surface area contributed by atoms with Crippen molar-refractivity contribution in [2.24, 2.45) is 0 Å². The summed E-state index contributed by atoms with van der Waals surface area (Å²) in [6.45, 7) is 0. The Morgan fingerprint density at radius 1 is 1.28 bits per heavy atom. The Kier molecular flexibility index (Phi) is 2.16. The van der Waals surface area contributed by atoms with Gasteiger partial charge in [0.2, 0.25) is 0 Å². The molecule has 3 rings (SSSR count). The topological polar surface area (TPSA) is 76.2 Å². The fourth-order valence-electron chi connectivity index (χ4n) is 1.81. The van der Waals surface area contributed by atoms with Crippen LogP contribution in [0.25, 0.3) is 16.9 Å². The molecule has 0 radical (unpaired) electrons. The summed E-state index contributed by atoms with van der Waals surface area (Å²) in [5.74, 6) is -0.0286. The van der Waals surface area contributed by atoms with Crippen LogP contribution in [-0.4, -0.2) is 14.6 Å². The second kappa shape index (κ2) is 3.69. The van der Waals surface area contributed by atoms with Crippen LogP contribution in [0.1, 0.15) is 0 Å². The van der Waals surface area contributed by atoms with E-state index in [1.165, 1.54) is 22.7 Å². The number of halogens is 1. The first-order valence-corrected chi connectivity index (χ1v) is 5.28. The van der Waals surface area contributed by atoms with Gasteiger partial charge >= 0.3 is 0 Å². The minimum absolute atomic E-state index is 0.295. The van der Waals surface area contributed by atoms with Crippen LogP contribution in [0.5, 0.6) is 0 Å². The maximum atomic E-state index is 13.1. The lowest BCUT2D eigenvalue weighted by atomic mass is 10.1. The van der Waals surface area contributed by atoms with Gasteiger partial charge in [0, 0.05) is 17.7 Å². The fourth-order valence-corrected chi connectivity index (χ4v) is 1.81. The van der Waals surface area contributed by atoms with Gasteiger partial charge in [0.05, 0.1) is 5.69 Å². The number of hydrogen-bond donors (Lipinski definition) is 2. The SMILES string of the molecule is Nc1cc2nc(-c3cccc(F)c3)cc(=O)n2[nH]1. The number of benzene rings is 1. The number of aromatic nitrogens is 3. The lowest BCUT2D eigenvalue weighted by Crippen LogP contribution is -2.14. The highest BCUT2D eigenvalue weighted by atomic mass is 19.1. The quantitative estimate of drug-likeness (QED) is 0.679. The molecule has 0 aliphatic rings. The Morgan fingerprint density at radius 3 is 2.89 bits per heavy atom. The Hall–Kier alpha value is -2.63. The van der Waals surface area contributed by atoms with E-state index in [9.17, 15) is 9.18 Å². The molecule has 2 aromatic heterocycles. The summed E-state index contributed by atoms with van der Waals surface area (Å²) in [6.07, 6.45) is 0. The lowest BCUT2D eigenvalue weighted by Gasteiger charge is -2.01. The van der Waals surface area contributed by atoms with E-state index < -0.39 is 0 Å². The van der Waals surface area contributed by atoms with E-state index in [-0.39, 0.29) is 11.4 Å². The van der Waals surface area contributed by atoms with Crippen molar-refractivity contribution in [2.45, 2.75) is 0 Å². The highest BCUT2D eigenvalue weighted by molar-refractivity contribution is 5.62. The normalized spacial score (nSPS) is 10.9. The van der Waals surface area contributed by atoms with Crippen LogP contribution in [-0.2, 0) is 0 Å². The summed E-state index contributed by atoms with van der Waals surface area (Å²) < 4.78 is 14.4. The molecule has 0 bridgehead atoms. The molecule has 5 nitrogen and oxygen atoms in total. The third-order valence-electron chi connectivity index (χ3n) is 2.59. The molecule has 0 atom stereocenters. The largest absolute Gasteiger partial charge is 0.384 e. The maximum Gasteiger partial charge on any atom is 0.273 e. The summed E-state index contributed by atoms with van der Waals surface area (Å²) in [6, 6.07) is 8.80. The van der Waals surface area contributed by atoms with E-state index in [0.29, 0.717) is 22.7 Å². The van der Waals surface area contributed by atoms with E-state index in [1.807, 2.05) is 0 Å². The maximum absolute atomic E-state index is 13.1. The Bertz CT molecular complexity index is 790. The molecule has 1 aromatic carbocycles. The fraction of sp³-hybridized carbons (Fsp3) is 0. The Labute approximate surface area is 101 Å². The predicted octanol–water partition coefficient (Wildman–Crippen LogP) is 1.41. The van der Waals surface area contributed by atoms with Gasteiger partial charge in [-0.15, -0.1) is 0 Å². The number of fused-ring (bicyclic) bond motifs is 1. The molecule has 0 amide bonds. The summed E-state index contributed by atoms with van der Waals surface area (Å²) >= 11 is 0. The molecule has 6 heteroatoms. The Morgan fingerprint density at radius 2 is 2.11 bits per heavy atom. The number of nitrogens with zero attached hydrogens (tertiary/aromatic N) is 2. The van der Waals surface area contributed by atoms with E-state index in [2.05, 4.69) is 10.1 Å². The molecule has 2 heterocycles. The van der Waals surface area contributed by atoms with Crippen molar-refractivity contribution >= 4 is 11.5 Å². The number of nitrogen functional groups attached to an aromatic ring is 1. The van der Waals surface area contributed by atoms with Gasteiger partial charge in [-0.05, 0) is 12.1 Å². The number of nitrogens with two attached hydrogens (primary N) is 1. The van der Waals surface area contributed by atoms with Crippen LogP contribution in [0.15, 0.2) is 41.2 Å². The van der Waals surface area contributed by atoms with Crippen LogP contribution in [0.4, 0.5) is 10.2 Å². The summed E-state index contributed by atoms with van der Waals surface area (Å²) in [5, 5.41) is 2.66. The molecule has 0 aliphatic heterocycles. The predicted molar refractivity (Wildman–Crippen MR) is 65.6 cm³/mol. The zero-order chi connectivity index (χ0) is 12.7. The molecule has 3 N–H and O–H groups in total. The molecule has 90 valence electrons. The van der Waals surface area contributed by atoms with Gasteiger partial charge in [-0.2, -0.15) is 4.52 Å². The van der Waals surface area contributed by atoms with Crippen LogP contribution >= 0.6 is 0 Å². The van der Waals surface area contributed by atoms with Gasteiger partial charge in [-0.1, -0.05) is 12.1 Å². The summed E-state index contributed by atoms with van der Waals surface area (Å²) in [4.78, 5) is 16.1. The number of H-pyrrole nitrogens is 1. The van der Waals surface area contributed by atoms with Crippen molar-refractivity contribution in [1.82, 2.24) is 14.6 Å². The summed E-state index contributed by atoms with van der Waals surface area (Å²) in [5.41, 5.74) is 6.63. The summed E-state index contributed by atoms with van der Waals surface area (Å²) in [7, 11) is 0. The van der Waals surface area contributed by atoms with E-state index in [4.69, 9.17) is 5.73 Å². The number of anilines is 1. The van der Waals surface area contributed by atoms with E-state index in [0.717, 1.165) is 0 Å². The van der Waals surface area contributed by atoms with Crippen molar-refractivity contribution in [3.05, 3.63) is 52.6 Å². The van der Waals surface area contributed by atoms with Gasteiger partial charge in [0.15, 0.2) is 5.65 Å². The van der Waals surface area contributed by atoms with Crippen LogP contribution in [0.2, 0.25) is 0 Å². The van der Waals surface area contributed by atoms with Crippen molar-refractivity contribution < 1.29 is 4.39 Å². The number of rotatable bonds is 1. The first-order chi connectivity index (χ1) is 8.63.